The van der Waals surface area contributed by atoms with Gasteiger partial charge in [0, 0.05) is 37.7 Å². The van der Waals surface area contributed by atoms with Crippen LogP contribution in [-0.4, -0.2) is 47.6 Å². The number of pyridine rings is 1. The Bertz CT molecular complexity index is 368. The van der Waals surface area contributed by atoms with Crippen LogP contribution in [0.4, 0.5) is 11.5 Å². The largest absolute Gasteiger partial charge is 0.397 e. The fourth-order valence-electron chi connectivity index (χ4n) is 1.74. The number of nitrogen functional groups attached to an aromatic ring is 1. The predicted octanol–water partition coefficient (Wildman–Crippen LogP) is 1.78. The standard InChI is InChI=1S/C11H17ClN4S/c12-10-7-9(13)8-15-11(10)14-1-2-16-3-5-17-6-4-16/h7-8H,1-6,13H2,(H,14,15). The number of hydrogen-bond donors (Lipinski definition) is 2. The molecule has 1 aliphatic rings. The van der Waals surface area contributed by atoms with Gasteiger partial charge in [-0.1, -0.05) is 11.6 Å². The van der Waals surface area contributed by atoms with Gasteiger partial charge in [-0.25, -0.2) is 4.98 Å². The summed E-state index contributed by atoms with van der Waals surface area (Å²) in [5.41, 5.74) is 6.18. The van der Waals surface area contributed by atoms with Crippen LogP contribution in [0.2, 0.25) is 5.02 Å². The number of halogens is 1. The Morgan fingerprint density at radius 1 is 1.47 bits per heavy atom. The lowest BCUT2D eigenvalue weighted by molar-refractivity contribution is 0.314. The maximum atomic E-state index is 6.03. The molecule has 2 rings (SSSR count). The van der Waals surface area contributed by atoms with Crippen LogP contribution in [0.15, 0.2) is 12.3 Å². The minimum atomic E-state index is 0.583. The third kappa shape index (κ3) is 3.94. The van der Waals surface area contributed by atoms with Gasteiger partial charge in [-0.15, -0.1) is 0 Å². The molecule has 94 valence electrons. The molecule has 4 nitrogen and oxygen atoms in total. The highest BCUT2D eigenvalue weighted by atomic mass is 35.5. The molecule has 2 heterocycles. The van der Waals surface area contributed by atoms with Crippen molar-refractivity contribution in [2.75, 3.05) is 48.7 Å². The molecule has 3 N–H and O–H groups in total. The molecule has 17 heavy (non-hydrogen) atoms. The molecule has 0 aliphatic carbocycles. The summed E-state index contributed by atoms with van der Waals surface area (Å²) in [6.45, 7) is 4.24. The molecule has 0 radical (unpaired) electrons. The Hall–Kier alpha value is -0.650. The number of rotatable bonds is 4. The average molecular weight is 273 g/mol. The Balaban J connectivity index is 1.77. The lowest BCUT2D eigenvalue weighted by atomic mass is 10.4. The van der Waals surface area contributed by atoms with Crippen LogP contribution in [-0.2, 0) is 0 Å². The van der Waals surface area contributed by atoms with Gasteiger partial charge in [0.1, 0.15) is 5.82 Å². The van der Waals surface area contributed by atoms with E-state index in [1.54, 1.807) is 12.3 Å². The first-order valence-corrected chi connectivity index (χ1v) is 7.24. The van der Waals surface area contributed by atoms with E-state index in [0.29, 0.717) is 16.5 Å². The molecular weight excluding hydrogens is 256 g/mol. The van der Waals surface area contributed by atoms with E-state index >= 15 is 0 Å². The van der Waals surface area contributed by atoms with Crippen molar-refractivity contribution in [3.63, 3.8) is 0 Å². The van der Waals surface area contributed by atoms with Gasteiger partial charge in [-0.2, -0.15) is 11.8 Å². The van der Waals surface area contributed by atoms with E-state index < -0.39 is 0 Å². The van der Waals surface area contributed by atoms with Crippen molar-refractivity contribution >= 4 is 34.9 Å². The second kappa shape index (κ2) is 6.33. The summed E-state index contributed by atoms with van der Waals surface area (Å²) in [5.74, 6) is 3.19. The van der Waals surface area contributed by atoms with Gasteiger partial charge in [0.05, 0.1) is 16.9 Å². The van der Waals surface area contributed by atoms with Crippen molar-refractivity contribution in [1.29, 1.82) is 0 Å². The van der Waals surface area contributed by atoms with Crippen LogP contribution in [0.3, 0.4) is 0 Å². The molecule has 0 amide bonds. The monoisotopic (exact) mass is 272 g/mol. The van der Waals surface area contributed by atoms with Gasteiger partial charge in [0.2, 0.25) is 0 Å². The Kier molecular flexibility index (Phi) is 4.76. The maximum absolute atomic E-state index is 6.03. The van der Waals surface area contributed by atoms with Crippen molar-refractivity contribution in [3.8, 4) is 0 Å². The second-order valence-electron chi connectivity index (χ2n) is 3.98. The molecule has 1 aromatic rings. The second-order valence-corrected chi connectivity index (χ2v) is 5.61. The fourth-order valence-corrected chi connectivity index (χ4v) is 2.96. The molecule has 0 unspecified atom stereocenters. The number of hydrogen-bond acceptors (Lipinski definition) is 5. The molecule has 1 aromatic heterocycles. The number of nitrogens with one attached hydrogen (secondary N) is 1. The van der Waals surface area contributed by atoms with Gasteiger partial charge >= 0.3 is 0 Å². The first-order valence-electron chi connectivity index (χ1n) is 5.71. The molecular formula is C11H17ClN4S. The van der Waals surface area contributed by atoms with E-state index in [1.165, 1.54) is 24.6 Å². The Labute approximate surface area is 111 Å². The van der Waals surface area contributed by atoms with E-state index in [9.17, 15) is 0 Å². The van der Waals surface area contributed by atoms with Crippen molar-refractivity contribution in [2.24, 2.45) is 0 Å². The summed E-state index contributed by atoms with van der Waals surface area (Å²) < 4.78 is 0. The summed E-state index contributed by atoms with van der Waals surface area (Å²) in [6, 6.07) is 1.72. The van der Waals surface area contributed by atoms with Crippen molar-refractivity contribution in [3.05, 3.63) is 17.3 Å². The molecule has 0 aromatic carbocycles. The van der Waals surface area contributed by atoms with Gasteiger partial charge in [0.25, 0.3) is 0 Å². The first-order chi connectivity index (χ1) is 8.25. The van der Waals surface area contributed by atoms with Crippen molar-refractivity contribution in [1.82, 2.24) is 9.88 Å². The highest BCUT2D eigenvalue weighted by Crippen LogP contribution is 2.20. The van der Waals surface area contributed by atoms with E-state index in [0.717, 1.165) is 13.1 Å². The third-order valence-electron chi connectivity index (χ3n) is 2.69. The van der Waals surface area contributed by atoms with Crippen molar-refractivity contribution < 1.29 is 0 Å². The van der Waals surface area contributed by atoms with Crippen LogP contribution in [0.1, 0.15) is 0 Å². The van der Waals surface area contributed by atoms with E-state index in [4.69, 9.17) is 17.3 Å². The molecule has 0 atom stereocenters. The summed E-state index contributed by atoms with van der Waals surface area (Å²) >= 11 is 8.05. The minimum Gasteiger partial charge on any atom is -0.397 e. The molecule has 1 fully saturated rings. The van der Waals surface area contributed by atoms with Crippen LogP contribution in [0, 0.1) is 0 Å². The van der Waals surface area contributed by atoms with Crippen LogP contribution >= 0.6 is 23.4 Å². The fraction of sp³-hybridized carbons (Fsp3) is 0.545. The lowest BCUT2D eigenvalue weighted by Gasteiger charge is -2.26. The zero-order chi connectivity index (χ0) is 12.1. The van der Waals surface area contributed by atoms with Crippen LogP contribution < -0.4 is 11.1 Å². The van der Waals surface area contributed by atoms with Crippen LogP contribution in [0.25, 0.3) is 0 Å². The number of thioether (sulfide) groups is 1. The van der Waals surface area contributed by atoms with E-state index in [1.807, 2.05) is 11.8 Å². The number of anilines is 2. The molecule has 0 spiro atoms. The van der Waals surface area contributed by atoms with E-state index in [-0.39, 0.29) is 0 Å². The highest BCUT2D eigenvalue weighted by molar-refractivity contribution is 7.99. The van der Waals surface area contributed by atoms with E-state index in [2.05, 4.69) is 15.2 Å². The maximum Gasteiger partial charge on any atom is 0.144 e. The first kappa shape index (κ1) is 12.8. The third-order valence-corrected chi connectivity index (χ3v) is 3.92. The van der Waals surface area contributed by atoms with Crippen molar-refractivity contribution in [2.45, 2.75) is 0 Å². The number of nitrogens with two attached hydrogens (primary N) is 1. The summed E-state index contributed by atoms with van der Waals surface area (Å²) in [7, 11) is 0. The zero-order valence-electron chi connectivity index (χ0n) is 9.66. The van der Waals surface area contributed by atoms with Gasteiger partial charge in [-0.05, 0) is 6.07 Å². The summed E-state index contributed by atoms with van der Waals surface area (Å²) in [5, 5.41) is 3.82. The molecule has 0 saturated carbocycles. The minimum absolute atomic E-state index is 0.583. The quantitative estimate of drug-likeness (QED) is 0.875. The molecule has 1 saturated heterocycles. The topological polar surface area (TPSA) is 54.2 Å². The Morgan fingerprint density at radius 2 is 2.24 bits per heavy atom. The van der Waals surface area contributed by atoms with Crippen LogP contribution in [0.5, 0.6) is 0 Å². The average Bonchev–Trinajstić information content (AvgIpc) is 2.33. The molecule has 6 heteroatoms. The smallest absolute Gasteiger partial charge is 0.144 e. The van der Waals surface area contributed by atoms with Gasteiger partial charge < -0.3 is 11.1 Å². The Morgan fingerprint density at radius 3 is 2.94 bits per heavy atom. The number of nitrogens with zero attached hydrogens (tertiary/aromatic N) is 2. The van der Waals surface area contributed by atoms with Gasteiger partial charge in [0.15, 0.2) is 0 Å². The number of aromatic nitrogens is 1. The normalized spacial score (nSPS) is 17.0. The summed E-state index contributed by atoms with van der Waals surface area (Å²) in [4.78, 5) is 6.62. The van der Waals surface area contributed by atoms with Gasteiger partial charge in [-0.3, -0.25) is 4.90 Å². The summed E-state index contributed by atoms with van der Waals surface area (Å²) in [6.07, 6.45) is 1.62. The predicted molar refractivity (Wildman–Crippen MR) is 75.9 cm³/mol. The molecule has 0 bridgehead atoms. The molecule has 1 aliphatic heterocycles. The zero-order valence-corrected chi connectivity index (χ0v) is 11.2. The lowest BCUT2D eigenvalue weighted by Crippen LogP contribution is -2.36. The highest BCUT2D eigenvalue weighted by Gasteiger charge is 2.09. The SMILES string of the molecule is Nc1cnc(NCCN2CCSCC2)c(Cl)c1.